The zero-order chi connectivity index (χ0) is 9.94. The molecule has 0 saturated heterocycles. The summed E-state index contributed by atoms with van der Waals surface area (Å²) in [6.45, 7) is 4.56. The average molecular weight is 202 g/mol. The lowest BCUT2D eigenvalue weighted by Gasteiger charge is -2.14. The maximum absolute atomic E-state index is 4.33. The summed E-state index contributed by atoms with van der Waals surface area (Å²) in [5.41, 5.74) is 0. The Bertz CT molecular complexity index is 91.1. The van der Waals surface area contributed by atoms with E-state index in [0.717, 1.165) is 11.7 Å². The number of hydrogen-bond donors (Lipinski definition) is 1. The van der Waals surface area contributed by atoms with Crippen molar-refractivity contribution >= 4 is 12.6 Å². The predicted octanol–water partition coefficient (Wildman–Crippen LogP) is 4.69. The van der Waals surface area contributed by atoms with E-state index in [4.69, 9.17) is 0 Å². The highest BCUT2D eigenvalue weighted by Gasteiger charge is 2.06. The van der Waals surface area contributed by atoms with Crippen LogP contribution in [0.4, 0.5) is 0 Å². The van der Waals surface area contributed by atoms with Crippen molar-refractivity contribution < 1.29 is 0 Å². The smallest absolute Gasteiger partial charge is 0.00953 e. The fourth-order valence-electron chi connectivity index (χ4n) is 1.79. The maximum atomic E-state index is 4.33. The maximum Gasteiger partial charge on any atom is -0.00953 e. The molecule has 1 heteroatoms. The number of rotatable bonds is 9. The monoisotopic (exact) mass is 202 g/mol. The van der Waals surface area contributed by atoms with Crippen LogP contribution in [-0.2, 0) is 0 Å². The van der Waals surface area contributed by atoms with Gasteiger partial charge in [-0.25, -0.2) is 0 Å². The van der Waals surface area contributed by atoms with E-state index in [9.17, 15) is 0 Å². The molecule has 0 rings (SSSR count). The number of thiol groups is 1. The van der Waals surface area contributed by atoms with Gasteiger partial charge in [0.2, 0.25) is 0 Å². The quantitative estimate of drug-likeness (QED) is 0.407. The van der Waals surface area contributed by atoms with Crippen molar-refractivity contribution in [3.8, 4) is 0 Å². The van der Waals surface area contributed by atoms with Crippen molar-refractivity contribution in [2.75, 3.05) is 5.75 Å². The molecule has 0 aromatic heterocycles. The molecule has 0 heterocycles. The Morgan fingerprint density at radius 3 is 2.00 bits per heavy atom. The van der Waals surface area contributed by atoms with E-state index in [2.05, 4.69) is 26.5 Å². The van der Waals surface area contributed by atoms with Gasteiger partial charge in [0, 0.05) is 0 Å². The Balaban J connectivity index is 3.41. The molecule has 0 aliphatic rings. The van der Waals surface area contributed by atoms with E-state index in [-0.39, 0.29) is 0 Å². The standard InChI is InChI=1S/C12H26S/c1-3-5-7-9-12(10-11-13)8-6-4-2/h12-13H,3-11H2,1-2H3. The van der Waals surface area contributed by atoms with E-state index in [1.807, 2.05) is 0 Å². The van der Waals surface area contributed by atoms with E-state index in [1.54, 1.807) is 0 Å². The van der Waals surface area contributed by atoms with Crippen molar-refractivity contribution in [3.05, 3.63) is 0 Å². The predicted molar refractivity (Wildman–Crippen MR) is 65.6 cm³/mol. The van der Waals surface area contributed by atoms with Crippen LogP contribution in [-0.4, -0.2) is 5.75 Å². The van der Waals surface area contributed by atoms with Gasteiger partial charge in [0.15, 0.2) is 0 Å². The van der Waals surface area contributed by atoms with Crippen LogP contribution in [0.3, 0.4) is 0 Å². The Labute approximate surface area is 89.9 Å². The van der Waals surface area contributed by atoms with Crippen molar-refractivity contribution in [2.24, 2.45) is 5.92 Å². The molecule has 0 saturated carbocycles. The van der Waals surface area contributed by atoms with Crippen LogP contribution in [0, 0.1) is 5.92 Å². The molecule has 1 atom stereocenters. The Morgan fingerprint density at radius 2 is 1.46 bits per heavy atom. The van der Waals surface area contributed by atoms with Crippen LogP contribution >= 0.6 is 12.6 Å². The summed E-state index contributed by atoms with van der Waals surface area (Å²) in [4.78, 5) is 0. The molecule has 0 aliphatic heterocycles. The third-order valence-electron chi connectivity index (χ3n) is 2.72. The first kappa shape index (κ1) is 13.4. The molecule has 13 heavy (non-hydrogen) atoms. The van der Waals surface area contributed by atoms with E-state index < -0.39 is 0 Å². The third kappa shape index (κ3) is 8.67. The average Bonchev–Trinajstić information content (AvgIpc) is 2.14. The normalized spacial score (nSPS) is 13.2. The molecule has 0 bridgehead atoms. The highest BCUT2D eigenvalue weighted by molar-refractivity contribution is 7.80. The van der Waals surface area contributed by atoms with E-state index in [0.29, 0.717) is 0 Å². The van der Waals surface area contributed by atoms with Gasteiger partial charge in [-0.2, -0.15) is 12.6 Å². The Morgan fingerprint density at radius 1 is 0.846 bits per heavy atom. The fourth-order valence-corrected chi connectivity index (χ4v) is 2.16. The minimum atomic E-state index is 0.962. The van der Waals surface area contributed by atoms with Gasteiger partial charge in [0.25, 0.3) is 0 Å². The molecular formula is C12H26S. The molecule has 0 radical (unpaired) electrons. The van der Waals surface area contributed by atoms with Crippen LogP contribution < -0.4 is 0 Å². The highest BCUT2D eigenvalue weighted by Crippen LogP contribution is 2.20. The molecule has 0 amide bonds. The minimum absolute atomic E-state index is 0.962. The van der Waals surface area contributed by atoms with Crippen LogP contribution in [0.1, 0.15) is 65.2 Å². The van der Waals surface area contributed by atoms with E-state index >= 15 is 0 Å². The van der Waals surface area contributed by atoms with Crippen molar-refractivity contribution in [2.45, 2.75) is 65.2 Å². The summed E-state index contributed by atoms with van der Waals surface area (Å²) in [5, 5.41) is 0. The lowest BCUT2D eigenvalue weighted by Crippen LogP contribution is -2.01. The van der Waals surface area contributed by atoms with Crippen molar-refractivity contribution in [1.29, 1.82) is 0 Å². The summed E-state index contributed by atoms with van der Waals surface area (Å²) in [6.07, 6.45) is 11.1. The highest BCUT2D eigenvalue weighted by atomic mass is 32.1. The first-order chi connectivity index (χ1) is 6.35. The van der Waals surface area contributed by atoms with Gasteiger partial charge in [-0.15, -0.1) is 0 Å². The summed E-state index contributed by atoms with van der Waals surface area (Å²) in [6, 6.07) is 0. The Kier molecular flexibility index (Phi) is 10.7. The topological polar surface area (TPSA) is 0 Å². The van der Waals surface area contributed by atoms with Crippen LogP contribution in [0.5, 0.6) is 0 Å². The van der Waals surface area contributed by atoms with Gasteiger partial charge < -0.3 is 0 Å². The summed E-state index contributed by atoms with van der Waals surface area (Å²) >= 11 is 4.33. The van der Waals surface area contributed by atoms with Gasteiger partial charge in [-0.3, -0.25) is 0 Å². The summed E-state index contributed by atoms with van der Waals surface area (Å²) in [7, 11) is 0. The lowest BCUT2D eigenvalue weighted by molar-refractivity contribution is 0.406. The fraction of sp³-hybridized carbons (Fsp3) is 1.00. The number of unbranched alkanes of at least 4 members (excludes halogenated alkanes) is 3. The van der Waals surface area contributed by atoms with Crippen LogP contribution in [0.2, 0.25) is 0 Å². The molecule has 0 N–H and O–H groups in total. The Hall–Kier alpha value is 0.350. The van der Waals surface area contributed by atoms with Crippen molar-refractivity contribution in [3.63, 3.8) is 0 Å². The zero-order valence-electron chi connectivity index (χ0n) is 9.39. The minimum Gasteiger partial charge on any atom is -0.179 e. The largest absolute Gasteiger partial charge is 0.179 e. The molecule has 1 unspecified atom stereocenters. The van der Waals surface area contributed by atoms with Gasteiger partial charge in [-0.1, -0.05) is 58.8 Å². The summed E-state index contributed by atoms with van der Waals surface area (Å²) < 4.78 is 0. The zero-order valence-corrected chi connectivity index (χ0v) is 10.3. The summed E-state index contributed by atoms with van der Waals surface area (Å²) in [5.74, 6) is 2.03. The van der Waals surface area contributed by atoms with Crippen molar-refractivity contribution in [1.82, 2.24) is 0 Å². The molecular weight excluding hydrogens is 176 g/mol. The molecule has 0 aliphatic carbocycles. The SMILES string of the molecule is CCCCCC(CCS)CCCC. The second kappa shape index (κ2) is 10.4. The van der Waals surface area contributed by atoms with Gasteiger partial charge in [0.1, 0.15) is 0 Å². The molecule has 80 valence electrons. The molecule has 0 aromatic rings. The van der Waals surface area contributed by atoms with Gasteiger partial charge >= 0.3 is 0 Å². The van der Waals surface area contributed by atoms with Crippen LogP contribution in [0.25, 0.3) is 0 Å². The van der Waals surface area contributed by atoms with Crippen LogP contribution in [0.15, 0.2) is 0 Å². The molecule has 0 fully saturated rings. The molecule has 0 nitrogen and oxygen atoms in total. The van der Waals surface area contributed by atoms with Gasteiger partial charge in [0.05, 0.1) is 0 Å². The van der Waals surface area contributed by atoms with Gasteiger partial charge in [-0.05, 0) is 18.1 Å². The number of hydrogen-bond acceptors (Lipinski definition) is 1. The second-order valence-electron chi connectivity index (χ2n) is 4.02. The van der Waals surface area contributed by atoms with E-state index in [1.165, 1.54) is 51.4 Å². The first-order valence-electron chi connectivity index (χ1n) is 5.96. The molecule has 0 spiro atoms. The third-order valence-corrected chi connectivity index (χ3v) is 2.98. The second-order valence-corrected chi connectivity index (χ2v) is 4.46. The first-order valence-corrected chi connectivity index (χ1v) is 6.59. The molecule has 0 aromatic carbocycles. The lowest BCUT2D eigenvalue weighted by atomic mass is 9.93.